The van der Waals surface area contributed by atoms with Crippen molar-refractivity contribution in [2.45, 2.75) is 19.9 Å². The summed E-state index contributed by atoms with van der Waals surface area (Å²) in [7, 11) is 0. The van der Waals surface area contributed by atoms with Crippen LogP contribution in [0.3, 0.4) is 0 Å². The fourth-order valence-electron chi connectivity index (χ4n) is 0.888. The second kappa shape index (κ2) is 5.91. The third-order valence-corrected chi connectivity index (χ3v) is 2.26. The van der Waals surface area contributed by atoms with Crippen LogP contribution in [-0.2, 0) is 6.54 Å². The molecule has 0 radical (unpaired) electrons. The van der Waals surface area contributed by atoms with E-state index in [-0.39, 0.29) is 0 Å². The van der Waals surface area contributed by atoms with Crippen LogP contribution in [0.2, 0.25) is 0 Å². The second-order valence-corrected chi connectivity index (χ2v) is 3.44. The van der Waals surface area contributed by atoms with E-state index in [2.05, 4.69) is 22.5 Å². The highest BCUT2D eigenvalue weighted by atomic mass is 32.1. The molecule has 66 valence electrons. The second-order valence-electron chi connectivity index (χ2n) is 2.46. The van der Waals surface area contributed by atoms with Gasteiger partial charge in [0.15, 0.2) is 0 Å². The predicted octanol–water partition coefficient (Wildman–Crippen LogP) is 2.20. The molecule has 0 amide bonds. The Morgan fingerprint density at radius 1 is 1.67 bits per heavy atom. The Hall–Kier alpha value is -0.670. The molecule has 0 atom stereocenters. The first-order valence-electron chi connectivity index (χ1n) is 4.13. The van der Waals surface area contributed by atoms with Crippen LogP contribution in [0.1, 0.15) is 18.4 Å². The van der Waals surface area contributed by atoms with Gasteiger partial charge < -0.3 is 5.32 Å². The summed E-state index contributed by atoms with van der Waals surface area (Å²) < 4.78 is 0. The lowest BCUT2D eigenvalue weighted by molar-refractivity contribution is 0.692. The summed E-state index contributed by atoms with van der Waals surface area (Å²) in [5.41, 5.74) is 0. The van der Waals surface area contributed by atoms with Crippen LogP contribution >= 0.6 is 11.3 Å². The summed E-state index contributed by atoms with van der Waals surface area (Å²) in [5, 5.41) is 6.48. The van der Waals surface area contributed by atoms with Gasteiger partial charge in [-0.05, 0) is 19.9 Å². The van der Waals surface area contributed by atoms with Crippen molar-refractivity contribution >= 4 is 11.3 Å². The van der Waals surface area contributed by atoms with Gasteiger partial charge in [-0.15, -0.1) is 11.3 Å². The summed E-state index contributed by atoms with van der Waals surface area (Å²) in [4.78, 5) is 4.17. The minimum absolute atomic E-state index is 0.898. The summed E-state index contributed by atoms with van der Waals surface area (Å²) in [5.74, 6) is 0. The number of rotatable bonds is 5. The van der Waals surface area contributed by atoms with Gasteiger partial charge in [0.1, 0.15) is 5.01 Å². The van der Waals surface area contributed by atoms with E-state index in [4.69, 9.17) is 0 Å². The number of hydrogen-bond donors (Lipinski definition) is 1. The molecule has 1 heterocycles. The van der Waals surface area contributed by atoms with Crippen molar-refractivity contribution in [3.05, 3.63) is 28.7 Å². The first-order valence-corrected chi connectivity index (χ1v) is 5.01. The van der Waals surface area contributed by atoms with Crippen molar-refractivity contribution in [2.24, 2.45) is 0 Å². The number of thiazole rings is 1. The van der Waals surface area contributed by atoms with Crippen molar-refractivity contribution in [3.63, 3.8) is 0 Å². The number of nitrogens with zero attached hydrogens (tertiary/aromatic N) is 1. The predicted molar refractivity (Wildman–Crippen MR) is 53.3 cm³/mol. The van der Waals surface area contributed by atoms with E-state index in [1.807, 2.05) is 18.5 Å². The van der Waals surface area contributed by atoms with Gasteiger partial charge in [-0.1, -0.05) is 12.2 Å². The Balaban J connectivity index is 2.03. The molecule has 0 fully saturated rings. The van der Waals surface area contributed by atoms with E-state index in [0.29, 0.717) is 0 Å². The van der Waals surface area contributed by atoms with Crippen LogP contribution < -0.4 is 5.32 Å². The Kier molecular flexibility index (Phi) is 4.64. The van der Waals surface area contributed by atoms with E-state index in [9.17, 15) is 0 Å². The first-order chi connectivity index (χ1) is 5.93. The van der Waals surface area contributed by atoms with Gasteiger partial charge in [0.05, 0.1) is 0 Å². The lowest BCUT2D eigenvalue weighted by Crippen LogP contribution is -2.13. The van der Waals surface area contributed by atoms with Gasteiger partial charge in [0, 0.05) is 18.1 Å². The van der Waals surface area contributed by atoms with Crippen LogP contribution in [0.25, 0.3) is 0 Å². The fourth-order valence-corrected chi connectivity index (χ4v) is 1.47. The smallest absolute Gasteiger partial charge is 0.106 e. The average Bonchev–Trinajstić information content (AvgIpc) is 2.57. The molecule has 0 saturated heterocycles. The van der Waals surface area contributed by atoms with E-state index >= 15 is 0 Å². The molecule has 0 bridgehead atoms. The zero-order valence-electron chi connectivity index (χ0n) is 7.29. The van der Waals surface area contributed by atoms with Gasteiger partial charge in [-0.2, -0.15) is 0 Å². The molecule has 0 aliphatic rings. The molecule has 0 spiro atoms. The standard InChI is InChI=1S/C9H14N2S/c1-2-3-4-5-10-8-9-11-6-7-12-9/h2-3,6-7,10H,4-5,8H2,1H3/b3-2+. The van der Waals surface area contributed by atoms with Crippen molar-refractivity contribution < 1.29 is 0 Å². The average molecular weight is 182 g/mol. The van der Waals surface area contributed by atoms with E-state index in [1.54, 1.807) is 11.3 Å². The van der Waals surface area contributed by atoms with Gasteiger partial charge in [-0.25, -0.2) is 4.98 Å². The highest BCUT2D eigenvalue weighted by Gasteiger charge is 1.91. The molecule has 0 aliphatic carbocycles. The zero-order valence-corrected chi connectivity index (χ0v) is 8.10. The Morgan fingerprint density at radius 3 is 3.25 bits per heavy atom. The number of nitrogens with one attached hydrogen (secondary N) is 1. The number of aromatic nitrogens is 1. The largest absolute Gasteiger partial charge is 0.310 e. The zero-order chi connectivity index (χ0) is 8.65. The maximum Gasteiger partial charge on any atom is 0.106 e. The van der Waals surface area contributed by atoms with Crippen LogP contribution in [0.5, 0.6) is 0 Å². The third-order valence-electron chi connectivity index (χ3n) is 1.48. The van der Waals surface area contributed by atoms with E-state index < -0.39 is 0 Å². The first kappa shape index (κ1) is 9.42. The topological polar surface area (TPSA) is 24.9 Å². The molecule has 0 aromatic carbocycles. The number of hydrogen-bond acceptors (Lipinski definition) is 3. The van der Waals surface area contributed by atoms with Gasteiger partial charge in [0.25, 0.3) is 0 Å². The normalized spacial score (nSPS) is 11.1. The maximum atomic E-state index is 4.17. The van der Waals surface area contributed by atoms with Gasteiger partial charge in [-0.3, -0.25) is 0 Å². The molecule has 1 aromatic rings. The highest BCUT2D eigenvalue weighted by Crippen LogP contribution is 2.02. The fraction of sp³-hybridized carbons (Fsp3) is 0.444. The molecule has 1 aromatic heterocycles. The lowest BCUT2D eigenvalue weighted by atomic mass is 10.4. The molecular weight excluding hydrogens is 168 g/mol. The van der Waals surface area contributed by atoms with Crippen LogP contribution in [0.4, 0.5) is 0 Å². The minimum Gasteiger partial charge on any atom is -0.310 e. The summed E-state index contributed by atoms with van der Waals surface area (Å²) in [6.07, 6.45) is 7.18. The molecule has 0 aliphatic heterocycles. The van der Waals surface area contributed by atoms with Crippen molar-refractivity contribution in [3.8, 4) is 0 Å². The van der Waals surface area contributed by atoms with Crippen molar-refractivity contribution in [1.82, 2.24) is 10.3 Å². The molecule has 0 unspecified atom stereocenters. The Labute approximate surface area is 77.3 Å². The Morgan fingerprint density at radius 2 is 2.58 bits per heavy atom. The molecule has 3 heteroatoms. The lowest BCUT2D eigenvalue weighted by Gasteiger charge is -1.97. The third kappa shape index (κ3) is 3.64. The monoisotopic (exact) mass is 182 g/mol. The van der Waals surface area contributed by atoms with Gasteiger partial charge in [0.2, 0.25) is 0 Å². The maximum absolute atomic E-state index is 4.17. The molecule has 12 heavy (non-hydrogen) atoms. The summed E-state index contributed by atoms with van der Waals surface area (Å²) >= 11 is 1.70. The van der Waals surface area contributed by atoms with Crippen LogP contribution in [-0.4, -0.2) is 11.5 Å². The quantitative estimate of drug-likeness (QED) is 0.558. The molecule has 1 N–H and O–H groups in total. The van der Waals surface area contributed by atoms with Crippen LogP contribution in [0, 0.1) is 0 Å². The Bertz CT molecular complexity index is 216. The van der Waals surface area contributed by atoms with Crippen molar-refractivity contribution in [2.75, 3.05) is 6.54 Å². The summed E-state index contributed by atoms with van der Waals surface area (Å²) in [6, 6.07) is 0. The summed E-state index contributed by atoms with van der Waals surface area (Å²) in [6.45, 7) is 3.97. The van der Waals surface area contributed by atoms with Gasteiger partial charge >= 0.3 is 0 Å². The SMILES string of the molecule is C/C=C/CCNCc1nccs1. The molecule has 2 nitrogen and oxygen atoms in total. The molecule has 1 rings (SSSR count). The molecular formula is C9H14N2S. The molecule has 0 saturated carbocycles. The highest BCUT2D eigenvalue weighted by molar-refractivity contribution is 7.09. The number of allylic oxidation sites excluding steroid dienone is 1. The van der Waals surface area contributed by atoms with E-state index in [0.717, 1.165) is 24.5 Å². The van der Waals surface area contributed by atoms with Crippen LogP contribution in [0.15, 0.2) is 23.7 Å². The van der Waals surface area contributed by atoms with Crippen molar-refractivity contribution in [1.29, 1.82) is 0 Å². The minimum atomic E-state index is 0.898. The van der Waals surface area contributed by atoms with E-state index in [1.165, 1.54) is 0 Å².